The molecule has 1 N–H and O–H groups in total. The van der Waals surface area contributed by atoms with Crippen LogP contribution in [-0.4, -0.2) is 49.6 Å². The Morgan fingerprint density at radius 1 is 1.32 bits per heavy atom. The molecule has 0 atom stereocenters. The number of ether oxygens (including phenoxy) is 1. The summed E-state index contributed by atoms with van der Waals surface area (Å²) in [5, 5.41) is 8.64. The van der Waals surface area contributed by atoms with Crippen molar-refractivity contribution in [2.75, 3.05) is 19.8 Å². The van der Waals surface area contributed by atoms with E-state index in [0.717, 1.165) is 12.8 Å². The van der Waals surface area contributed by atoms with Gasteiger partial charge in [-0.05, 0) is 25.0 Å². The molecule has 0 heterocycles. The Labute approximate surface area is 138 Å². The lowest BCUT2D eigenvalue weighted by Crippen LogP contribution is -2.36. The second kappa shape index (κ2) is 7.14. The molecule has 0 spiro atoms. The highest BCUT2D eigenvalue weighted by Crippen LogP contribution is 2.37. The minimum Gasteiger partial charge on any atom is -0.480 e. The van der Waals surface area contributed by atoms with E-state index in [4.69, 9.17) is 33.0 Å². The third-order valence-corrected chi connectivity index (χ3v) is 6.03. The number of hydrogen-bond donors (Lipinski definition) is 1. The molecule has 1 aromatic carbocycles. The van der Waals surface area contributed by atoms with Gasteiger partial charge in [0.05, 0.1) is 16.7 Å². The number of halogens is 2. The first-order valence-electron chi connectivity index (χ1n) is 6.59. The number of carboxylic acids is 1. The number of rotatable bonds is 8. The molecule has 0 aliphatic heterocycles. The summed E-state index contributed by atoms with van der Waals surface area (Å²) in [7, 11) is -3.86. The number of sulfonamides is 1. The van der Waals surface area contributed by atoms with E-state index >= 15 is 0 Å². The zero-order chi connectivity index (χ0) is 16.3. The van der Waals surface area contributed by atoms with Gasteiger partial charge in [-0.3, -0.25) is 0 Å². The Bertz CT molecular complexity index is 640. The van der Waals surface area contributed by atoms with E-state index in [1.54, 1.807) is 6.07 Å². The largest absolute Gasteiger partial charge is 0.480 e. The Kier molecular flexibility index (Phi) is 5.68. The number of hydrogen-bond acceptors (Lipinski definition) is 4. The molecule has 0 unspecified atom stereocenters. The van der Waals surface area contributed by atoms with Gasteiger partial charge in [-0.1, -0.05) is 29.3 Å². The van der Waals surface area contributed by atoms with Crippen molar-refractivity contribution in [3.63, 3.8) is 0 Å². The maximum Gasteiger partial charge on any atom is 0.329 e. The summed E-state index contributed by atoms with van der Waals surface area (Å²) in [6.07, 6.45) is 1.50. The maximum absolute atomic E-state index is 12.8. The minimum atomic E-state index is -3.86. The van der Waals surface area contributed by atoms with E-state index in [-0.39, 0.29) is 34.1 Å². The molecule has 1 aliphatic carbocycles. The van der Waals surface area contributed by atoms with Crippen LogP contribution in [0.15, 0.2) is 23.1 Å². The molecular formula is C13H15Cl2NO5S. The fourth-order valence-corrected chi connectivity index (χ4v) is 4.79. The normalized spacial score (nSPS) is 15.2. The number of nitrogens with zero attached hydrogens (tertiary/aromatic N) is 1. The molecule has 22 heavy (non-hydrogen) atoms. The van der Waals surface area contributed by atoms with Crippen LogP contribution in [0.5, 0.6) is 0 Å². The molecule has 2 rings (SSSR count). The third-order valence-electron chi connectivity index (χ3n) is 3.12. The first-order chi connectivity index (χ1) is 10.3. The molecule has 1 aliphatic rings. The molecule has 0 aromatic heterocycles. The van der Waals surface area contributed by atoms with Crippen LogP contribution < -0.4 is 0 Å². The maximum atomic E-state index is 12.8. The van der Waals surface area contributed by atoms with Gasteiger partial charge in [-0.2, -0.15) is 4.31 Å². The summed E-state index contributed by atoms with van der Waals surface area (Å²) in [6, 6.07) is 4.38. The highest BCUT2D eigenvalue weighted by atomic mass is 35.5. The molecule has 1 fully saturated rings. The highest BCUT2D eigenvalue weighted by molar-refractivity contribution is 7.89. The van der Waals surface area contributed by atoms with Crippen LogP contribution in [0.4, 0.5) is 0 Å². The lowest BCUT2D eigenvalue weighted by molar-refractivity contribution is -0.142. The lowest BCUT2D eigenvalue weighted by atomic mass is 10.4. The Hall–Kier alpha value is -0.860. The van der Waals surface area contributed by atoms with Crippen molar-refractivity contribution in [3.8, 4) is 0 Å². The molecule has 122 valence electrons. The van der Waals surface area contributed by atoms with Gasteiger partial charge in [0.1, 0.15) is 11.5 Å². The van der Waals surface area contributed by atoms with E-state index < -0.39 is 22.6 Å². The highest BCUT2D eigenvalue weighted by Gasteiger charge is 2.39. The van der Waals surface area contributed by atoms with Gasteiger partial charge in [0.15, 0.2) is 0 Å². The van der Waals surface area contributed by atoms with Crippen molar-refractivity contribution in [1.82, 2.24) is 4.31 Å². The van der Waals surface area contributed by atoms with Gasteiger partial charge in [0.25, 0.3) is 0 Å². The number of carbonyl (C=O) groups is 1. The molecule has 0 radical (unpaired) electrons. The molecule has 6 nitrogen and oxygen atoms in total. The van der Waals surface area contributed by atoms with Crippen LogP contribution in [0.25, 0.3) is 0 Å². The van der Waals surface area contributed by atoms with E-state index in [1.807, 2.05) is 0 Å². The SMILES string of the molecule is O=C(O)COCCN(C1CC1)S(=O)(=O)c1c(Cl)cccc1Cl. The van der Waals surface area contributed by atoms with Crippen molar-refractivity contribution in [2.24, 2.45) is 0 Å². The standard InChI is InChI=1S/C13H15Cl2NO5S/c14-10-2-1-3-11(15)13(10)22(19,20)16(9-4-5-9)6-7-21-8-12(17)18/h1-3,9H,4-8H2,(H,17,18). The van der Waals surface area contributed by atoms with Crippen molar-refractivity contribution < 1.29 is 23.1 Å². The zero-order valence-electron chi connectivity index (χ0n) is 11.5. The van der Waals surface area contributed by atoms with Crippen molar-refractivity contribution in [3.05, 3.63) is 28.2 Å². The predicted octanol–water partition coefficient (Wildman–Crippen LogP) is 2.25. The molecule has 1 saturated carbocycles. The lowest BCUT2D eigenvalue weighted by Gasteiger charge is -2.22. The van der Waals surface area contributed by atoms with Crippen LogP contribution in [0.2, 0.25) is 10.0 Å². The second-order valence-corrected chi connectivity index (χ2v) is 7.49. The smallest absolute Gasteiger partial charge is 0.329 e. The molecule has 1 aromatic rings. The number of benzene rings is 1. The van der Waals surface area contributed by atoms with Gasteiger partial charge in [0.2, 0.25) is 10.0 Å². The summed E-state index contributed by atoms with van der Waals surface area (Å²) in [5.41, 5.74) is 0. The van der Waals surface area contributed by atoms with Crippen LogP contribution in [0.1, 0.15) is 12.8 Å². The average molecular weight is 368 g/mol. The van der Waals surface area contributed by atoms with Gasteiger partial charge < -0.3 is 9.84 Å². The quantitative estimate of drug-likeness (QED) is 0.712. The van der Waals surface area contributed by atoms with Crippen LogP contribution in [0, 0.1) is 0 Å². The van der Waals surface area contributed by atoms with Crippen LogP contribution >= 0.6 is 23.2 Å². The topological polar surface area (TPSA) is 83.9 Å². The van der Waals surface area contributed by atoms with Gasteiger partial charge >= 0.3 is 5.97 Å². The van der Waals surface area contributed by atoms with Gasteiger partial charge in [0, 0.05) is 12.6 Å². The summed E-state index contributed by atoms with van der Waals surface area (Å²) < 4.78 is 31.7. The zero-order valence-corrected chi connectivity index (χ0v) is 13.9. The summed E-state index contributed by atoms with van der Waals surface area (Å²) in [6.45, 7) is -0.419. The van der Waals surface area contributed by atoms with Gasteiger partial charge in [-0.15, -0.1) is 0 Å². The second-order valence-electron chi connectivity index (χ2n) is 4.84. The Morgan fingerprint density at radius 3 is 2.41 bits per heavy atom. The van der Waals surface area contributed by atoms with Crippen molar-refractivity contribution >= 4 is 39.2 Å². The van der Waals surface area contributed by atoms with Crippen LogP contribution in [-0.2, 0) is 19.6 Å². The number of carboxylic acid groups (broad SMARTS) is 1. The molecule has 0 bridgehead atoms. The van der Waals surface area contributed by atoms with E-state index in [1.165, 1.54) is 16.4 Å². The summed E-state index contributed by atoms with van der Waals surface area (Å²) in [5.74, 6) is -1.10. The Morgan fingerprint density at radius 2 is 1.91 bits per heavy atom. The Balaban J connectivity index is 2.18. The number of aliphatic carboxylic acids is 1. The molecular weight excluding hydrogens is 353 g/mol. The monoisotopic (exact) mass is 367 g/mol. The third kappa shape index (κ3) is 4.11. The first kappa shape index (κ1) is 17.5. The van der Waals surface area contributed by atoms with E-state index in [0.29, 0.717) is 0 Å². The molecule has 9 heteroatoms. The summed E-state index contributed by atoms with van der Waals surface area (Å²) >= 11 is 12.0. The minimum absolute atomic E-state index is 0.00982. The first-order valence-corrected chi connectivity index (χ1v) is 8.79. The van der Waals surface area contributed by atoms with Gasteiger partial charge in [-0.25, -0.2) is 13.2 Å². The average Bonchev–Trinajstić information content (AvgIpc) is 3.21. The summed E-state index contributed by atoms with van der Waals surface area (Å²) in [4.78, 5) is 10.3. The fourth-order valence-electron chi connectivity index (χ4n) is 2.02. The van der Waals surface area contributed by atoms with Crippen molar-refractivity contribution in [1.29, 1.82) is 0 Å². The van der Waals surface area contributed by atoms with E-state index in [9.17, 15) is 13.2 Å². The van der Waals surface area contributed by atoms with Crippen molar-refractivity contribution in [2.45, 2.75) is 23.8 Å². The van der Waals surface area contributed by atoms with Crippen LogP contribution in [0.3, 0.4) is 0 Å². The predicted molar refractivity (Wildman–Crippen MR) is 81.8 cm³/mol. The van der Waals surface area contributed by atoms with E-state index in [2.05, 4.69) is 0 Å². The molecule has 0 saturated heterocycles. The molecule has 0 amide bonds. The fraction of sp³-hybridized carbons (Fsp3) is 0.462.